The van der Waals surface area contributed by atoms with Gasteiger partial charge in [-0.15, -0.1) is 0 Å². The molecule has 0 spiro atoms. The summed E-state index contributed by atoms with van der Waals surface area (Å²) in [5, 5.41) is 3.31. The first-order chi connectivity index (χ1) is 7.88. The summed E-state index contributed by atoms with van der Waals surface area (Å²) in [7, 11) is 0. The summed E-state index contributed by atoms with van der Waals surface area (Å²) in [4.78, 5) is 4.42. The van der Waals surface area contributed by atoms with Gasteiger partial charge < -0.3 is 11.1 Å². The molecule has 0 aliphatic rings. The van der Waals surface area contributed by atoms with Gasteiger partial charge in [0, 0.05) is 12.2 Å². The van der Waals surface area contributed by atoms with Crippen molar-refractivity contribution in [3.63, 3.8) is 0 Å². The van der Waals surface area contributed by atoms with E-state index in [1.54, 1.807) is 0 Å². The summed E-state index contributed by atoms with van der Waals surface area (Å²) in [6, 6.07) is 16.0. The molecule has 3 N–H and O–H groups in total. The van der Waals surface area contributed by atoms with Crippen LogP contribution in [0.3, 0.4) is 0 Å². The molecule has 0 saturated carbocycles. The Balaban J connectivity index is 1.99. The summed E-state index contributed by atoms with van der Waals surface area (Å²) in [6.07, 6.45) is 0. The van der Waals surface area contributed by atoms with Crippen LogP contribution >= 0.6 is 0 Å². The first kappa shape index (κ1) is 10.6. The molecular formula is C13H15N3. The predicted octanol–water partition coefficient (Wildman–Crippen LogP) is 2.15. The van der Waals surface area contributed by atoms with Crippen LogP contribution in [-0.4, -0.2) is 4.98 Å². The SMILES string of the molecule is NCc1cccc(CNc2ccccc2)n1. The van der Waals surface area contributed by atoms with E-state index >= 15 is 0 Å². The van der Waals surface area contributed by atoms with E-state index in [4.69, 9.17) is 5.73 Å². The van der Waals surface area contributed by atoms with Crippen molar-refractivity contribution in [3.8, 4) is 0 Å². The van der Waals surface area contributed by atoms with Crippen molar-refractivity contribution in [1.82, 2.24) is 4.98 Å². The van der Waals surface area contributed by atoms with Crippen molar-refractivity contribution < 1.29 is 0 Å². The maximum Gasteiger partial charge on any atom is 0.0598 e. The lowest BCUT2D eigenvalue weighted by Crippen LogP contribution is -2.05. The molecule has 1 aromatic carbocycles. The van der Waals surface area contributed by atoms with Gasteiger partial charge in [-0.2, -0.15) is 0 Å². The van der Waals surface area contributed by atoms with Gasteiger partial charge in [0.15, 0.2) is 0 Å². The van der Waals surface area contributed by atoms with Crippen LogP contribution in [0.25, 0.3) is 0 Å². The van der Waals surface area contributed by atoms with Crippen molar-refractivity contribution in [1.29, 1.82) is 0 Å². The number of benzene rings is 1. The molecule has 0 atom stereocenters. The van der Waals surface area contributed by atoms with E-state index in [-0.39, 0.29) is 0 Å². The lowest BCUT2D eigenvalue weighted by Gasteiger charge is -2.06. The molecule has 0 amide bonds. The van der Waals surface area contributed by atoms with Gasteiger partial charge in [-0.05, 0) is 24.3 Å². The van der Waals surface area contributed by atoms with Gasteiger partial charge in [-0.25, -0.2) is 0 Å². The van der Waals surface area contributed by atoms with E-state index in [9.17, 15) is 0 Å². The standard InChI is InChI=1S/C13H15N3/c14-9-12-7-4-8-13(16-12)10-15-11-5-2-1-3-6-11/h1-8,15H,9-10,14H2. The zero-order valence-corrected chi connectivity index (χ0v) is 9.06. The van der Waals surface area contributed by atoms with Gasteiger partial charge in [0.25, 0.3) is 0 Å². The summed E-state index contributed by atoms with van der Waals surface area (Å²) >= 11 is 0. The van der Waals surface area contributed by atoms with Crippen LogP contribution in [-0.2, 0) is 13.1 Å². The highest BCUT2D eigenvalue weighted by molar-refractivity contribution is 5.42. The number of hydrogen-bond acceptors (Lipinski definition) is 3. The van der Waals surface area contributed by atoms with Crippen molar-refractivity contribution in [2.45, 2.75) is 13.1 Å². The Morgan fingerprint density at radius 1 is 0.938 bits per heavy atom. The Hall–Kier alpha value is -1.87. The fraction of sp³-hybridized carbons (Fsp3) is 0.154. The number of pyridine rings is 1. The molecule has 82 valence electrons. The molecule has 1 aromatic heterocycles. The van der Waals surface area contributed by atoms with Crippen molar-refractivity contribution in [3.05, 3.63) is 59.9 Å². The predicted molar refractivity (Wildman–Crippen MR) is 65.9 cm³/mol. The monoisotopic (exact) mass is 213 g/mol. The highest BCUT2D eigenvalue weighted by Crippen LogP contribution is 2.07. The van der Waals surface area contributed by atoms with Crippen LogP contribution in [0.5, 0.6) is 0 Å². The zero-order valence-electron chi connectivity index (χ0n) is 9.06. The van der Waals surface area contributed by atoms with Gasteiger partial charge in [0.05, 0.1) is 17.9 Å². The van der Waals surface area contributed by atoms with Gasteiger partial charge in [0.2, 0.25) is 0 Å². The molecule has 0 fully saturated rings. The average Bonchev–Trinajstić information content (AvgIpc) is 2.38. The molecule has 0 radical (unpaired) electrons. The van der Waals surface area contributed by atoms with Gasteiger partial charge in [-0.3, -0.25) is 4.98 Å². The van der Waals surface area contributed by atoms with Crippen LogP contribution < -0.4 is 11.1 Å². The van der Waals surface area contributed by atoms with Crippen molar-refractivity contribution >= 4 is 5.69 Å². The number of hydrogen-bond donors (Lipinski definition) is 2. The third-order valence-electron chi connectivity index (χ3n) is 2.32. The molecule has 1 heterocycles. The fourth-order valence-corrected chi connectivity index (χ4v) is 1.49. The molecule has 3 heteroatoms. The van der Waals surface area contributed by atoms with E-state index < -0.39 is 0 Å². The molecule has 2 rings (SSSR count). The molecule has 16 heavy (non-hydrogen) atoms. The second-order valence-corrected chi connectivity index (χ2v) is 3.54. The molecule has 0 aliphatic heterocycles. The Morgan fingerprint density at radius 3 is 2.44 bits per heavy atom. The number of nitrogens with one attached hydrogen (secondary N) is 1. The van der Waals surface area contributed by atoms with Gasteiger partial charge in [0.1, 0.15) is 0 Å². The second kappa shape index (κ2) is 5.28. The Bertz CT molecular complexity index is 440. The van der Waals surface area contributed by atoms with Crippen LogP contribution in [0.2, 0.25) is 0 Å². The van der Waals surface area contributed by atoms with Crippen molar-refractivity contribution in [2.24, 2.45) is 5.73 Å². The lowest BCUT2D eigenvalue weighted by atomic mass is 10.3. The molecule has 3 nitrogen and oxygen atoms in total. The number of anilines is 1. The van der Waals surface area contributed by atoms with E-state index in [1.165, 1.54) is 0 Å². The highest BCUT2D eigenvalue weighted by Gasteiger charge is 1.96. The van der Waals surface area contributed by atoms with Crippen molar-refractivity contribution in [2.75, 3.05) is 5.32 Å². The first-order valence-electron chi connectivity index (χ1n) is 5.32. The Kier molecular flexibility index (Phi) is 3.51. The molecule has 0 unspecified atom stereocenters. The number of rotatable bonds is 4. The molecule has 0 aliphatic carbocycles. The van der Waals surface area contributed by atoms with E-state index in [0.29, 0.717) is 6.54 Å². The molecular weight excluding hydrogens is 198 g/mol. The third kappa shape index (κ3) is 2.81. The summed E-state index contributed by atoms with van der Waals surface area (Å²) in [5.41, 5.74) is 8.57. The fourth-order valence-electron chi connectivity index (χ4n) is 1.49. The molecule has 2 aromatic rings. The maximum atomic E-state index is 5.54. The van der Waals surface area contributed by atoms with Gasteiger partial charge in [-0.1, -0.05) is 24.3 Å². The quantitative estimate of drug-likeness (QED) is 0.818. The summed E-state index contributed by atoms with van der Waals surface area (Å²) in [6.45, 7) is 1.21. The number of nitrogens with zero attached hydrogens (tertiary/aromatic N) is 1. The second-order valence-electron chi connectivity index (χ2n) is 3.54. The molecule has 0 saturated heterocycles. The van der Waals surface area contributed by atoms with Crippen LogP contribution in [0, 0.1) is 0 Å². The van der Waals surface area contributed by atoms with Crippen LogP contribution in [0.4, 0.5) is 5.69 Å². The number of para-hydroxylation sites is 1. The minimum absolute atomic E-state index is 0.485. The Labute approximate surface area is 95.3 Å². The van der Waals surface area contributed by atoms with Crippen LogP contribution in [0.15, 0.2) is 48.5 Å². The van der Waals surface area contributed by atoms with Gasteiger partial charge >= 0.3 is 0 Å². The number of aromatic nitrogens is 1. The molecule has 0 bridgehead atoms. The number of nitrogens with two attached hydrogens (primary N) is 1. The average molecular weight is 213 g/mol. The summed E-state index contributed by atoms with van der Waals surface area (Å²) in [5.74, 6) is 0. The smallest absolute Gasteiger partial charge is 0.0598 e. The zero-order chi connectivity index (χ0) is 11.2. The first-order valence-corrected chi connectivity index (χ1v) is 5.32. The topological polar surface area (TPSA) is 50.9 Å². The third-order valence-corrected chi connectivity index (χ3v) is 2.32. The minimum Gasteiger partial charge on any atom is -0.379 e. The van der Waals surface area contributed by atoms with E-state index in [1.807, 2.05) is 48.5 Å². The minimum atomic E-state index is 0.485. The summed E-state index contributed by atoms with van der Waals surface area (Å²) < 4.78 is 0. The van der Waals surface area contributed by atoms with E-state index in [2.05, 4.69) is 10.3 Å². The van der Waals surface area contributed by atoms with Crippen LogP contribution in [0.1, 0.15) is 11.4 Å². The van der Waals surface area contributed by atoms with E-state index in [0.717, 1.165) is 23.6 Å². The normalized spacial score (nSPS) is 10.1. The largest absolute Gasteiger partial charge is 0.379 e. The maximum absolute atomic E-state index is 5.54. The highest BCUT2D eigenvalue weighted by atomic mass is 14.9. The Morgan fingerprint density at radius 2 is 1.69 bits per heavy atom. The lowest BCUT2D eigenvalue weighted by molar-refractivity contribution is 0.937.